The van der Waals surface area contributed by atoms with Crippen LogP contribution >= 0.6 is 0 Å². The summed E-state index contributed by atoms with van der Waals surface area (Å²) >= 11 is 0. The van der Waals surface area contributed by atoms with Gasteiger partial charge in [-0.2, -0.15) is 4.72 Å². The van der Waals surface area contributed by atoms with E-state index in [9.17, 15) is 17.6 Å². The Labute approximate surface area is 170 Å². The van der Waals surface area contributed by atoms with Crippen LogP contribution in [-0.4, -0.2) is 14.3 Å². The van der Waals surface area contributed by atoms with E-state index in [4.69, 9.17) is 0 Å². The molecule has 5 nitrogen and oxygen atoms in total. The molecule has 2 N–H and O–H groups in total. The standard InChI is InChI=1S/C22H21FN2O3S/c1-16(17-8-4-2-5-9-17)24-21(26)22(25-29(27)28,18-10-6-3-7-11-18)19-12-14-20(23)15-13-19/h2-16,29H,1H3,(H,24,26)(H,25,27,28). The maximum absolute atomic E-state index is 13.5. The van der Waals surface area contributed by atoms with E-state index in [1.807, 2.05) is 37.3 Å². The maximum atomic E-state index is 13.5. The Morgan fingerprint density at radius 1 is 0.862 bits per heavy atom. The first kappa shape index (κ1) is 20.7. The predicted octanol–water partition coefficient (Wildman–Crippen LogP) is 3.06. The Kier molecular flexibility index (Phi) is 6.41. The number of amides is 1. The normalized spacial score (nSPS) is 14.2. The number of benzene rings is 3. The Morgan fingerprint density at radius 2 is 1.38 bits per heavy atom. The molecular formula is C22H21FN2O3S. The highest BCUT2D eigenvalue weighted by Gasteiger charge is 2.43. The summed E-state index contributed by atoms with van der Waals surface area (Å²) in [6, 6.07) is 22.6. The van der Waals surface area contributed by atoms with E-state index in [0.29, 0.717) is 11.1 Å². The molecule has 2 unspecified atom stereocenters. The molecule has 0 fully saturated rings. The quantitative estimate of drug-likeness (QED) is 0.522. The molecule has 0 saturated heterocycles. The fourth-order valence-electron chi connectivity index (χ4n) is 3.26. The summed E-state index contributed by atoms with van der Waals surface area (Å²) in [4.78, 5) is 13.5. The van der Waals surface area contributed by atoms with E-state index in [1.165, 1.54) is 24.3 Å². The molecule has 150 valence electrons. The van der Waals surface area contributed by atoms with E-state index in [2.05, 4.69) is 10.0 Å². The zero-order valence-corrected chi connectivity index (χ0v) is 16.6. The molecule has 0 bridgehead atoms. The molecule has 0 aliphatic rings. The molecule has 1 amide bonds. The molecule has 0 spiro atoms. The number of hydrogen-bond acceptors (Lipinski definition) is 3. The Balaban J connectivity index is 2.12. The van der Waals surface area contributed by atoms with Crippen LogP contribution in [0.1, 0.15) is 29.7 Å². The van der Waals surface area contributed by atoms with Crippen LogP contribution in [-0.2, 0) is 21.2 Å². The van der Waals surface area contributed by atoms with Crippen LogP contribution in [0.25, 0.3) is 0 Å². The third kappa shape index (κ3) is 4.52. The van der Waals surface area contributed by atoms with Crippen LogP contribution < -0.4 is 10.0 Å². The van der Waals surface area contributed by atoms with Gasteiger partial charge in [0.15, 0.2) is 5.54 Å². The van der Waals surface area contributed by atoms with Crippen LogP contribution in [0.2, 0.25) is 0 Å². The average molecular weight is 412 g/mol. The summed E-state index contributed by atoms with van der Waals surface area (Å²) in [5.41, 5.74) is -0.147. The number of hydrogen-bond donors (Lipinski definition) is 3. The van der Waals surface area contributed by atoms with E-state index in [-0.39, 0.29) is 6.04 Å². The molecule has 0 aliphatic heterocycles. The summed E-state index contributed by atoms with van der Waals surface area (Å²) in [6.45, 7) is 1.81. The van der Waals surface area contributed by atoms with Gasteiger partial charge in [0.1, 0.15) is 5.82 Å². The molecule has 0 aromatic heterocycles. The van der Waals surface area contributed by atoms with Gasteiger partial charge in [-0.05, 0) is 35.7 Å². The van der Waals surface area contributed by atoms with Crippen molar-refractivity contribution in [2.75, 3.05) is 0 Å². The number of nitrogens with one attached hydrogen (secondary N) is 2. The Hall–Kier alpha value is -3.03. The fraction of sp³-hybridized carbons (Fsp3) is 0.136. The summed E-state index contributed by atoms with van der Waals surface area (Å²) < 4.78 is 39.5. The van der Waals surface area contributed by atoms with E-state index < -0.39 is 28.2 Å². The van der Waals surface area contributed by atoms with E-state index in [0.717, 1.165) is 5.56 Å². The number of rotatable bonds is 7. The van der Waals surface area contributed by atoms with Gasteiger partial charge in [-0.15, -0.1) is 0 Å². The third-order valence-electron chi connectivity index (χ3n) is 4.73. The highest BCUT2D eigenvalue weighted by atomic mass is 32.2. The highest BCUT2D eigenvalue weighted by molar-refractivity contribution is 7.70. The van der Waals surface area contributed by atoms with Crippen molar-refractivity contribution in [2.24, 2.45) is 0 Å². The van der Waals surface area contributed by atoms with Crippen molar-refractivity contribution in [3.05, 3.63) is 107 Å². The molecule has 3 rings (SSSR count). The second-order valence-electron chi connectivity index (χ2n) is 6.60. The highest BCUT2D eigenvalue weighted by Crippen LogP contribution is 2.31. The third-order valence-corrected chi connectivity index (χ3v) is 5.25. The first-order valence-electron chi connectivity index (χ1n) is 9.03. The molecule has 7 heteroatoms. The average Bonchev–Trinajstić information content (AvgIpc) is 2.73. The van der Waals surface area contributed by atoms with Gasteiger partial charge in [0.05, 0.1) is 6.04 Å². The molecule has 3 aromatic rings. The van der Waals surface area contributed by atoms with Crippen molar-refractivity contribution in [1.29, 1.82) is 0 Å². The molecule has 0 saturated carbocycles. The van der Waals surface area contributed by atoms with Gasteiger partial charge in [0, 0.05) is 0 Å². The topological polar surface area (TPSA) is 75.3 Å². The van der Waals surface area contributed by atoms with Crippen molar-refractivity contribution in [2.45, 2.75) is 18.5 Å². The summed E-state index contributed by atoms with van der Waals surface area (Å²) in [6.07, 6.45) is 0. The van der Waals surface area contributed by atoms with Crippen molar-refractivity contribution >= 4 is 16.8 Å². The van der Waals surface area contributed by atoms with E-state index >= 15 is 0 Å². The molecule has 29 heavy (non-hydrogen) atoms. The monoisotopic (exact) mass is 412 g/mol. The molecule has 0 radical (unpaired) electrons. The minimum atomic E-state index is -3.16. The molecule has 2 atom stereocenters. The smallest absolute Gasteiger partial charge is 0.251 e. The SMILES string of the molecule is CC(NC(=O)C(N[SH](=O)=O)(c1ccccc1)c1ccc(F)cc1)c1ccccc1. The van der Waals surface area contributed by atoms with Gasteiger partial charge in [-0.1, -0.05) is 72.8 Å². The zero-order valence-electron chi connectivity index (χ0n) is 15.7. The zero-order chi connectivity index (χ0) is 20.9. The van der Waals surface area contributed by atoms with E-state index in [1.54, 1.807) is 30.3 Å². The number of carbonyl (C=O) groups excluding carboxylic acids is 1. The predicted molar refractivity (Wildman–Crippen MR) is 110 cm³/mol. The second-order valence-corrected chi connectivity index (χ2v) is 7.34. The van der Waals surface area contributed by atoms with Crippen LogP contribution in [0, 0.1) is 5.82 Å². The molecular weight excluding hydrogens is 391 g/mol. The largest absolute Gasteiger partial charge is 0.347 e. The maximum Gasteiger partial charge on any atom is 0.251 e. The van der Waals surface area contributed by atoms with Crippen molar-refractivity contribution in [3.8, 4) is 0 Å². The van der Waals surface area contributed by atoms with Gasteiger partial charge in [0.2, 0.25) is 10.9 Å². The first-order chi connectivity index (χ1) is 13.9. The number of carbonyl (C=O) groups is 1. The number of halogens is 1. The van der Waals surface area contributed by atoms with Gasteiger partial charge >= 0.3 is 0 Å². The lowest BCUT2D eigenvalue weighted by atomic mass is 9.82. The molecule has 3 aromatic carbocycles. The Morgan fingerprint density at radius 3 is 1.93 bits per heavy atom. The van der Waals surface area contributed by atoms with Gasteiger partial charge in [-0.25, -0.2) is 12.8 Å². The van der Waals surface area contributed by atoms with Crippen LogP contribution in [0.15, 0.2) is 84.9 Å². The molecule has 0 heterocycles. The lowest BCUT2D eigenvalue weighted by Crippen LogP contribution is -2.55. The summed E-state index contributed by atoms with van der Waals surface area (Å²) in [7, 11) is -3.16. The van der Waals surface area contributed by atoms with Crippen LogP contribution in [0.3, 0.4) is 0 Å². The van der Waals surface area contributed by atoms with Crippen LogP contribution in [0.5, 0.6) is 0 Å². The fourth-order valence-corrected chi connectivity index (χ4v) is 3.90. The summed E-state index contributed by atoms with van der Waals surface area (Å²) in [5, 5.41) is 2.89. The lowest BCUT2D eigenvalue weighted by molar-refractivity contribution is -0.126. The second kappa shape index (κ2) is 8.98. The van der Waals surface area contributed by atoms with Gasteiger partial charge in [0.25, 0.3) is 5.91 Å². The van der Waals surface area contributed by atoms with Gasteiger partial charge in [-0.3, -0.25) is 4.79 Å². The minimum Gasteiger partial charge on any atom is -0.347 e. The first-order valence-corrected chi connectivity index (χ1v) is 10.2. The Bertz CT molecular complexity index is 1030. The minimum absolute atomic E-state index is 0.307. The summed E-state index contributed by atoms with van der Waals surface area (Å²) in [5.74, 6) is -1.05. The van der Waals surface area contributed by atoms with Gasteiger partial charge < -0.3 is 5.32 Å². The van der Waals surface area contributed by atoms with Crippen molar-refractivity contribution < 1.29 is 17.6 Å². The van der Waals surface area contributed by atoms with Crippen molar-refractivity contribution in [1.82, 2.24) is 10.0 Å². The van der Waals surface area contributed by atoms with Crippen molar-refractivity contribution in [3.63, 3.8) is 0 Å². The van der Waals surface area contributed by atoms with Crippen LogP contribution in [0.4, 0.5) is 4.39 Å². The molecule has 0 aliphatic carbocycles. The lowest BCUT2D eigenvalue weighted by Gasteiger charge is -2.33. The number of thiol groups is 1.